The van der Waals surface area contributed by atoms with Crippen LogP contribution in [0.1, 0.15) is 46.1 Å². The number of piperidine rings is 1. The Hall–Kier alpha value is -1.36. The molecule has 1 saturated heterocycles. The highest BCUT2D eigenvalue weighted by Crippen LogP contribution is 2.29. The summed E-state index contributed by atoms with van der Waals surface area (Å²) < 4.78 is 6.32. The fourth-order valence-corrected chi connectivity index (χ4v) is 3.36. The molecular formula is C21H36N2O2. The minimum absolute atomic E-state index is 0.291. The Morgan fingerprint density at radius 3 is 2.48 bits per heavy atom. The summed E-state index contributed by atoms with van der Waals surface area (Å²) in [6.07, 6.45) is 2.80. The first kappa shape index (κ1) is 21.7. The van der Waals surface area contributed by atoms with Crippen molar-refractivity contribution in [1.29, 1.82) is 0 Å². The average molecular weight is 349 g/mol. The fraction of sp³-hybridized carbons (Fsp3) is 0.619. The van der Waals surface area contributed by atoms with Crippen LogP contribution in [0.15, 0.2) is 37.4 Å². The Labute approximate surface area is 153 Å². The average Bonchev–Trinajstić information content (AvgIpc) is 2.61. The first-order chi connectivity index (χ1) is 11.8. The first-order valence-electron chi connectivity index (χ1n) is 9.20. The number of ether oxygens (including phenoxy) is 1. The van der Waals surface area contributed by atoms with Gasteiger partial charge in [-0.3, -0.25) is 4.90 Å². The van der Waals surface area contributed by atoms with Gasteiger partial charge in [-0.1, -0.05) is 19.1 Å². The van der Waals surface area contributed by atoms with Crippen LogP contribution in [0.3, 0.4) is 0 Å². The third-order valence-electron chi connectivity index (χ3n) is 5.14. The van der Waals surface area contributed by atoms with E-state index in [1.807, 2.05) is 19.2 Å². The van der Waals surface area contributed by atoms with E-state index in [0.717, 1.165) is 24.6 Å². The molecule has 0 aliphatic carbocycles. The molecule has 25 heavy (non-hydrogen) atoms. The first-order valence-corrected chi connectivity index (χ1v) is 9.20. The van der Waals surface area contributed by atoms with Gasteiger partial charge >= 0.3 is 0 Å². The molecule has 0 aromatic heterocycles. The molecule has 2 N–H and O–H groups in total. The molecule has 0 amide bonds. The second kappa shape index (κ2) is 9.95. The number of nitrogens with one attached hydrogen (secondary N) is 1. The van der Waals surface area contributed by atoms with Crippen LogP contribution >= 0.6 is 0 Å². The lowest BCUT2D eigenvalue weighted by atomic mass is 9.92. The van der Waals surface area contributed by atoms with Gasteiger partial charge in [-0.05, 0) is 64.3 Å². The van der Waals surface area contributed by atoms with Crippen molar-refractivity contribution in [2.24, 2.45) is 5.92 Å². The molecule has 1 heterocycles. The zero-order valence-corrected chi connectivity index (χ0v) is 16.6. The van der Waals surface area contributed by atoms with E-state index in [1.54, 1.807) is 12.1 Å². The lowest BCUT2D eigenvalue weighted by molar-refractivity contribution is -0.0706. The Balaban J connectivity index is 0.00000151. The maximum absolute atomic E-state index is 9.45. The lowest BCUT2D eigenvalue weighted by Crippen LogP contribution is -2.53. The van der Waals surface area contributed by atoms with Gasteiger partial charge in [0.05, 0.1) is 18.4 Å². The molecule has 0 spiro atoms. The summed E-state index contributed by atoms with van der Waals surface area (Å²) in [5.41, 5.74) is 0.732. The number of aromatic hydroxyl groups is 1. The maximum atomic E-state index is 9.45. The molecule has 142 valence electrons. The van der Waals surface area contributed by atoms with Crippen molar-refractivity contribution < 1.29 is 9.84 Å². The number of likely N-dealkylation sites (tertiary alicyclic amines) is 1. The van der Waals surface area contributed by atoms with E-state index in [2.05, 4.69) is 51.1 Å². The number of nitrogens with zero attached hydrogens (tertiary/aromatic N) is 1. The predicted octanol–water partition coefficient (Wildman–Crippen LogP) is 4.11. The van der Waals surface area contributed by atoms with E-state index in [1.165, 1.54) is 12.8 Å². The zero-order chi connectivity index (χ0) is 19.0. The van der Waals surface area contributed by atoms with Crippen LogP contribution in [-0.2, 0) is 10.3 Å². The van der Waals surface area contributed by atoms with Crippen molar-refractivity contribution in [3.8, 4) is 5.75 Å². The highest BCUT2D eigenvalue weighted by molar-refractivity contribution is 5.29. The smallest absolute Gasteiger partial charge is 0.115 e. The van der Waals surface area contributed by atoms with Crippen molar-refractivity contribution in [2.75, 3.05) is 20.2 Å². The van der Waals surface area contributed by atoms with Crippen LogP contribution < -0.4 is 5.32 Å². The van der Waals surface area contributed by atoms with E-state index in [0.29, 0.717) is 18.0 Å². The molecule has 3 unspecified atom stereocenters. The summed E-state index contributed by atoms with van der Waals surface area (Å²) >= 11 is 0. The van der Waals surface area contributed by atoms with Gasteiger partial charge in [0, 0.05) is 12.6 Å². The molecule has 1 fully saturated rings. The number of benzene rings is 1. The van der Waals surface area contributed by atoms with Crippen LogP contribution in [0.4, 0.5) is 0 Å². The molecule has 1 aliphatic heterocycles. The molecule has 1 aromatic carbocycles. The standard InChI is InChI=1S/C19H32N2O2.C2H4/c1-14-10-11-21(15(2)20-5)17(12-14)13-23-19(3,4)16-6-8-18(22)9-7-16;1-2/h6-9,14-15,17,20,22H,10-13H2,1-5H3;1-2H2. The monoisotopic (exact) mass is 348 g/mol. The minimum atomic E-state index is -0.358. The van der Waals surface area contributed by atoms with Crippen molar-refractivity contribution >= 4 is 0 Å². The van der Waals surface area contributed by atoms with Gasteiger partial charge in [-0.25, -0.2) is 0 Å². The van der Waals surface area contributed by atoms with Gasteiger partial charge in [-0.2, -0.15) is 0 Å². The SMILES string of the molecule is C=C.CNC(C)N1CCC(C)CC1COC(C)(C)c1ccc(O)cc1. The molecule has 0 saturated carbocycles. The Kier molecular flexibility index (Phi) is 8.63. The second-order valence-electron chi connectivity index (χ2n) is 7.35. The molecule has 3 atom stereocenters. The Bertz CT molecular complexity index is 501. The van der Waals surface area contributed by atoms with Crippen LogP contribution in [-0.4, -0.2) is 42.4 Å². The van der Waals surface area contributed by atoms with Crippen molar-refractivity contribution in [1.82, 2.24) is 10.2 Å². The number of phenolic OH excluding ortho intramolecular Hbond substituents is 1. The van der Waals surface area contributed by atoms with Crippen molar-refractivity contribution in [3.63, 3.8) is 0 Å². The summed E-state index contributed by atoms with van der Waals surface area (Å²) in [5, 5.41) is 12.8. The topological polar surface area (TPSA) is 44.7 Å². The third kappa shape index (κ3) is 6.14. The normalized spacial score (nSPS) is 22.8. The summed E-state index contributed by atoms with van der Waals surface area (Å²) in [4.78, 5) is 2.52. The van der Waals surface area contributed by atoms with Crippen LogP contribution in [0, 0.1) is 5.92 Å². The zero-order valence-electron chi connectivity index (χ0n) is 16.6. The summed E-state index contributed by atoms with van der Waals surface area (Å²) in [6.45, 7) is 16.6. The maximum Gasteiger partial charge on any atom is 0.115 e. The molecular weight excluding hydrogens is 312 g/mol. The summed E-state index contributed by atoms with van der Waals surface area (Å²) in [7, 11) is 2.01. The lowest BCUT2D eigenvalue weighted by Gasteiger charge is -2.43. The third-order valence-corrected chi connectivity index (χ3v) is 5.14. The number of phenols is 1. The van der Waals surface area contributed by atoms with Gasteiger partial charge in [0.1, 0.15) is 5.75 Å². The van der Waals surface area contributed by atoms with Gasteiger partial charge in [-0.15, -0.1) is 13.2 Å². The molecule has 4 nitrogen and oxygen atoms in total. The molecule has 2 rings (SSSR count). The largest absolute Gasteiger partial charge is 0.508 e. The molecule has 1 aliphatic rings. The van der Waals surface area contributed by atoms with E-state index in [4.69, 9.17) is 4.74 Å². The summed E-state index contributed by atoms with van der Waals surface area (Å²) in [6, 6.07) is 7.76. The number of hydrogen-bond donors (Lipinski definition) is 2. The van der Waals surface area contributed by atoms with Crippen LogP contribution in [0.25, 0.3) is 0 Å². The van der Waals surface area contributed by atoms with Gasteiger partial charge in [0.2, 0.25) is 0 Å². The van der Waals surface area contributed by atoms with E-state index < -0.39 is 0 Å². The number of hydrogen-bond acceptors (Lipinski definition) is 4. The van der Waals surface area contributed by atoms with Gasteiger partial charge in [0.25, 0.3) is 0 Å². The van der Waals surface area contributed by atoms with Crippen molar-refractivity contribution in [2.45, 2.75) is 58.3 Å². The van der Waals surface area contributed by atoms with Crippen molar-refractivity contribution in [3.05, 3.63) is 43.0 Å². The predicted molar refractivity (Wildman–Crippen MR) is 106 cm³/mol. The van der Waals surface area contributed by atoms with Crippen LogP contribution in [0.2, 0.25) is 0 Å². The summed E-state index contributed by atoms with van der Waals surface area (Å²) in [5.74, 6) is 1.04. The molecule has 1 aromatic rings. The van der Waals surface area contributed by atoms with E-state index >= 15 is 0 Å². The Morgan fingerprint density at radius 2 is 1.92 bits per heavy atom. The molecule has 4 heteroatoms. The fourth-order valence-electron chi connectivity index (χ4n) is 3.36. The quantitative estimate of drug-likeness (QED) is 0.759. The van der Waals surface area contributed by atoms with Gasteiger partial charge in [0.15, 0.2) is 0 Å². The van der Waals surface area contributed by atoms with Crippen LogP contribution in [0.5, 0.6) is 5.75 Å². The molecule has 0 radical (unpaired) electrons. The highest BCUT2D eigenvalue weighted by atomic mass is 16.5. The minimum Gasteiger partial charge on any atom is -0.508 e. The van der Waals surface area contributed by atoms with E-state index in [-0.39, 0.29) is 5.60 Å². The van der Waals surface area contributed by atoms with Gasteiger partial charge < -0.3 is 15.2 Å². The molecule has 0 bridgehead atoms. The number of rotatable bonds is 6. The second-order valence-corrected chi connectivity index (χ2v) is 7.35. The van der Waals surface area contributed by atoms with E-state index in [9.17, 15) is 5.11 Å². The highest BCUT2D eigenvalue weighted by Gasteiger charge is 2.31. The Morgan fingerprint density at radius 1 is 1.32 bits per heavy atom.